The first-order chi connectivity index (χ1) is 9.58. The van der Waals surface area contributed by atoms with Gasteiger partial charge in [-0.25, -0.2) is 0 Å². The summed E-state index contributed by atoms with van der Waals surface area (Å²) in [5.74, 6) is 0.836. The highest BCUT2D eigenvalue weighted by Gasteiger charge is 2.07. The summed E-state index contributed by atoms with van der Waals surface area (Å²) in [4.78, 5) is 0. The van der Waals surface area contributed by atoms with Crippen molar-refractivity contribution in [3.63, 3.8) is 0 Å². The first-order valence-corrected chi connectivity index (χ1v) is 6.49. The molecule has 2 aromatic carbocycles. The van der Waals surface area contributed by atoms with E-state index in [1.54, 1.807) is 20.0 Å². The van der Waals surface area contributed by atoms with E-state index < -0.39 is 6.92 Å². The predicted octanol–water partition coefficient (Wildman–Crippen LogP) is 2.27. The Morgan fingerprint density at radius 1 is 1.05 bits per heavy atom. The van der Waals surface area contributed by atoms with E-state index in [-0.39, 0.29) is 0 Å². The molecular formula is C16H18BNO2. The average Bonchev–Trinajstić information content (AvgIpc) is 2.45. The van der Waals surface area contributed by atoms with Gasteiger partial charge in [0.05, 0.1) is 7.11 Å². The van der Waals surface area contributed by atoms with E-state index >= 15 is 0 Å². The van der Waals surface area contributed by atoms with Gasteiger partial charge in [0.25, 0.3) is 0 Å². The van der Waals surface area contributed by atoms with Crippen LogP contribution in [-0.4, -0.2) is 19.0 Å². The van der Waals surface area contributed by atoms with Crippen LogP contribution in [0.3, 0.4) is 0 Å². The summed E-state index contributed by atoms with van der Waals surface area (Å²) < 4.78 is 5.12. The normalized spacial score (nSPS) is 10.8. The summed E-state index contributed by atoms with van der Waals surface area (Å²) in [5.41, 5.74) is 9.36. The largest absolute Gasteiger partial charge is 0.497 e. The molecule has 0 spiro atoms. The summed E-state index contributed by atoms with van der Waals surface area (Å²) in [6, 6.07) is 13.4. The van der Waals surface area contributed by atoms with Gasteiger partial charge in [0.15, 0.2) is 0 Å². The van der Waals surface area contributed by atoms with Gasteiger partial charge in [-0.3, -0.25) is 0 Å². The van der Waals surface area contributed by atoms with Crippen LogP contribution in [0.1, 0.15) is 11.1 Å². The van der Waals surface area contributed by atoms with Crippen LogP contribution in [0.25, 0.3) is 12.2 Å². The Morgan fingerprint density at radius 2 is 1.70 bits per heavy atom. The Balaban J connectivity index is 2.21. The van der Waals surface area contributed by atoms with Crippen molar-refractivity contribution in [3.8, 4) is 5.75 Å². The van der Waals surface area contributed by atoms with Crippen molar-refractivity contribution in [1.29, 1.82) is 0 Å². The number of nitrogen functional groups attached to an aromatic ring is 1. The van der Waals surface area contributed by atoms with Gasteiger partial charge in [0.1, 0.15) is 5.75 Å². The van der Waals surface area contributed by atoms with Gasteiger partial charge in [0.2, 0.25) is 0 Å². The minimum Gasteiger partial charge on any atom is -0.497 e. The molecule has 0 aromatic heterocycles. The highest BCUT2D eigenvalue weighted by Crippen LogP contribution is 2.14. The molecule has 2 aromatic rings. The molecule has 2 rings (SSSR count). The molecule has 0 radical (unpaired) electrons. The van der Waals surface area contributed by atoms with Crippen LogP contribution in [0.5, 0.6) is 5.75 Å². The van der Waals surface area contributed by atoms with Gasteiger partial charge in [0, 0.05) is 5.69 Å². The Morgan fingerprint density at radius 3 is 2.30 bits per heavy atom. The minimum atomic E-state index is -0.522. The molecule has 0 aliphatic rings. The fourth-order valence-electron chi connectivity index (χ4n) is 1.95. The van der Waals surface area contributed by atoms with E-state index in [2.05, 4.69) is 0 Å². The van der Waals surface area contributed by atoms with Gasteiger partial charge in [-0.2, -0.15) is 0 Å². The molecule has 20 heavy (non-hydrogen) atoms. The van der Waals surface area contributed by atoms with Gasteiger partial charge in [-0.05, 0) is 40.9 Å². The molecule has 0 amide bonds. The second-order valence-electron chi connectivity index (χ2n) is 4.72. The van der Waals surface area contributed by atoms with Crippen molar-refractivity contribution in [2.24, 2.45) is 0 Å². The second kappa shape index (κ2) is 6.30. The molecule has 0 unspecified atom stereocenters. The number of ether oxygens (including phenoxy) is 1. The van der Waals surface area contributed by atoms with Crippen molar-refractivity contribution in [2.45, 2.75) is 6.82 Å². The lowest BCUT2D eigenvalue weighted by Gasteiger charge is -2.05. The molecule has 0 saturated heterocycles. The van der Waals surface area contributed by atoms with E-state index in [9.17, 15) is 5.02 Å². The SMILES string of the molecule is COc1ccc(/C=C/c2cc(N)cc(B(C)O)c2)cc1. The van der Waals surface area contributed by atoms with Gasteiger partial charge in [-0.1, -0.05) is 37.2 Å². The van der Waals surface area contributed by atoms with E-state index in [1.165, 1.54) is 0 Å². The van der Waals surface area contributed by atoms with Crippen LogP contribution in [0, 0.1) is 0 Å². The lowest BCUT2D eigenvalue weighted by molar-refractivity contribution is 0.415. The maximum Gasteiger partial charge on any atom is 0.320 e. The quantitative estimate of drug-likeness (QED) is 0.507. The third-order valence-electron chi connectivity index (χ3n) is 3.07. The lowest BCUT2D eigenvalue weighted by Crippen LogP contribution is -2.26. The van der Waals surface area contributed by atoms with Crippen LogP contribution in [0.2, 0.25) is 6.82 Å². The molecule has 0 fully saturated rings. The summed E-state index contributed by atoms with van der Waals surface area (Å²) in [6.07, 6.45) is 3.98. The monoisotopic (exact) mass is 267 g/mol. The number of nitrogens with two attached hydrogens (primary N) is 1. The van der Waals surface area contributed by atoms with E-state index in [0.29, 0.717) is 5.69 Å². The van der Waals surface area contributed by atoms with Crippen molar-refractivity contribution < 1.29 is 9.76 Å². The van der Waals surface area contributed by atoms with Crippen molar-refractivity contribution in [2.75, 3.05) is 12.8 Å². The van der Waals surface area contributed by atoms with Gasteiger partial charge < -0.3 is 15.5 Å². The molecule has 0 saturated carbocycles. The van der Waals surface area contributed by atoms with Crippen LogP contribution >= 0.6 is 0 Å². The number of benzene rings is 2. The Kier molecular flexibility index (Phi) is 4.48. The zero-order valence-electron chi connectivity index (χ0n) is 11.7. The molecule has 102 valence electrons. The zero-order valence-corrected chi connectivity index (χ0v) is 11.7. The maximum absolute atomic E-state index is 9.62. The number of anilines is 1. The number of rotatable bonds is 4. The van der Waals surface area contributed by atoms with E-state index in [1.807, 2.05) is 48.6 Å². The fraction of sp³-hybridized carbons (Fsp3) is 0.125. The first-order valence-electron chi connectivity index (χ1n) is 6.49. The molecule has 0 heterocycles. The molecule has 4 heteroatoms. The zero-order chi connectivity index (χ0) is 14.5. The molecular weight excluding hydrogens is 249 g/mol. The molecule has 0 bridgehead atoms. The highest BCUT2D eigenvalue weighted by atomic mass is 16.5. The predicted molar refractivity (Wildman–Crippen MR) is 86.2 cm³/mol. The third kappa shape index (κ3) is 3.65. The summed E-state index contributed by atoms with van der Waals surface area (Å²) in [5, 5.41) is 9.62. The smallest absolute Gasteiger partial charge is 0.320 e. The van der Waals surface area contributed by atoms with Crippen LogP contribution < -0.4 is 15.9 Å². The highest BCUT2D eigenvalue weighted by molar-refractivity contribution is 6.64. The summed E-state index contributed by atoms with van der Waals surface area (Å²) >= 11 is 0. The molecule has 3 nitrogen and oxygen atoms in total. The average molecular weight is 267 g/mol. The Hall–Kier alpha value is -2.20. The van der Waals surface area contributed by atoms with Crippen molar-refractivity contribution in [1.82, 2.24) is 0 Å². The number of methoxy groups -OCH3 is 1. The first kappa shape index (κ1) is 14.2. The van der Waals surface area contributed by atoms with Crippen LogP contribution in [0.15, 0.2) is 42.5 Å². The third-order valence-corrected chi connectivity index (χ3v) is 3.07. The fourth-order valence-corrected chi connectivity index (χ4v) is 1.95. The van der Waals surface area contributed by atoms with E-state index in [4.69, 9.17) is 10.5 Å². The minimum absolute atomic E-state index is 0.522. The maximum atomic E-state index is 9.62. The van der Waals surface area contributed by atoms with Gasteiger partial charge >= 0.3 is 6.92 Å². The lowest BCUT2D eigenvalue weighted by atomic mass is 9.64. The van der Waals surface area contributed by atoms with Crippen molar-refractivity contribution in [3.05, 3.63) is 53.6 Å². The molecule has 3 N–H and O–H groups in total. The van der Waals surface area contributed by atoms with Gasteiger partial charge in [-0.15, -0.1) is 0 Å². The molecule has 0 aliphatic carbocycles. The molecule has 0 atom stereocenters. The topological polar surface area (TPSA) is 55.5 Å². The van der Waals surface area contributed by atoms with Crippen LogP contribution in [-0.2, 0) is 0 Å². The molecule has 0 aliphatic heterocycles. The second-order valence-corrected chi connectivity index (χ2v) is 4.72. The number of hydrogen-bond donors (Lipinski definition) is 2. The Bertz CT molecular complexity index is 606. The Labute approximate surface area is 119 Å². The summed E-state index contributed by atoms with van der Waals surface area (Å²) in [6.45, 7) is 1.21. The standard InChI is InChI=1S/C16H18BNO2/c1-17(19)14-9-13(10-15(18)11-14)4-3-12-5-7-16(20-2)8-6-12/h3-11,19H,18H2,1-2H3/b4-3+. The number of hydrogen-bond acceptors (Lipinski definition) is 3. The summed E-state index contributed by atoms with van der Waals surface area (Å²) in [7, 11) is 1.65. The van der Waals surface area contributed by atoms with E-state index in [0.717, 1.165) is 22.3 Å². The van der Waals surface area contributed by atoms with Crippen molar-refractivity contribution >= 4 is 30.2 Å². The van der Waals surface area contributed by atoms with Crippen LogP contribution in [0.4, 0.5) is 5.69 Å².